The minimum atomic E-state index is -0.159. The Morgan fingerprint density at radius 3 is 2.87 bits per heavy atom. The molecule has 0 bridgehead atoms. The van der Waals surface area contributed by atoms with Gasteiger partial charge in [0.2, 0.25) is 0 Å². The summed E-state index contributed by atoms with van der Waals surface area (Å²) in [4.78, 5) is 0. The molecule has 1 atom stereocenters. The Kier molecular flexibility index (Phi) is 3.17. The first-order chi connectivity index (χ1) is 7.33. The van der Waals surface area contributed by atoms with Gasteiger partial charge < -0.3 is 5.11 Å². The van der Waals surface area contributed by atoms with Crippen molar-refractivity contribution in [3.05, 3.63) is 41.7 Å². The average Bonchev–Trinajstić information content (AvgIpc) is 2.67. The summed E-state index contributed by atoms with van der Waals surface area (Å²) in [6.07, 6.45) is 4.86. The lowest BCUT2D eigenvalue weighted by molar-refractivity contribution is 0.271. The molecule has 2 rings (SSSR count). The SMILES string of the molecule is OCC[C@@H]1CCC=C1c1ccccc1F. The third-order valence-corrected chi connectivity index (χ3v) is 2.98. The molecule has 2 heteroatoms. The summed E-state index contributed by atoms with van der Waals surface area (Å²) in [6.45, 7) is 0.177. The summed E-state index contributed by atoms with van der Waals surface area (Å²) in [5.74, 6) is 0.167. The lowest BCUT2D eigenvalue weighted by Crippen LogP contribution is -2.03. The zero-order valence-corrected chi connectivity index (χ0v) is 8.62. The number of aliphatic hydroxyl groups is 1. The van der Waals surface area contributed by atoms with E-state index < -0.39 is 0 Å². The van der Waals surface area contributed by atoms with Crippen molar-refractivity contribution in [2.75, 3.05) is 6.61 Å². The first-order valence-electron chi connectivity index (χ1n) is 5.38. The van der Waals surface area contributed by atoms with Gasteiger partial charge in [-0.2, -0.15) is 0 Å². The normalized spacial score (nSPS) is 20.4. The van der Waals surface area contributed by atoms with E-state index >= 15 is 0 Å². The average molecular weight is 206 g/mol. The van der Waals surface area contributed by atoms with E-state index in [-0.39, 0.29) is 12.4 Å². The fraction of sp³-hybridized carbons (Fsp3) is 0.385. The van der Waals surface area contributed by atoms with Gasteiger partial charge in [-0.3, -0.25) is 0 Å². The van der Waals surface area contributed by atoms with Gasteiger partial charge in [-0.15, -0.1) is 0 Å². The molecule has 1 aliphatic carbocycles. The molecule has 0 radical (unpaired) electrons. The third kappa shape index (κ3) is 2.10. The van der Waals surface area contributed by atoms with Crippen LogP contribution in [-0.4, -0.2) is 11.7 Å². The van der Waals surface area contributed by atoms with Crippen LogP contribution in [0.3, 0.4) is 0 Å². The van der Waals surface area contributed by atoms with Crippen molar-refractivity contribution in [2.24, 2.45) is 5.92 Å². The molecule has 0 aliphatic heterocycles. The lowest BCUT2D eigenvalue weighted by Gasteiger charge is -2.14. The Labute approximate surface area is 89.3 Å². The van der Waals surface area contributed by atoms with Crippen molar-refractivity contribution < 1.29 is 9.50 Å². The van der Waals surface area contributed by atoms with Crippen LogP contribution in [0.2, 0.25) is 0 Å². The van der Waals surface area contributed by atoms with E-state index in [0.717, 1.165) is 24.8 Å². The Morgan fingerprint density at radius 1 is 1.33 bits per heavy atom. The minimum Gasteiger partial charge on any atom is -0.396 e. The summed E-state index contributed by atoms with van der Waals surface area (Å²) in [5, 5.41) is 8.94. The summed E-state index contributed by atoms with van der Waals surface area (Å²) in [6, 6.07) is 6.87. The van der Waals surface area contributed by atoms with Gasteiger partial charge in [0, 0.05) is 12.2 Å². The molecule has 0 heterocycles. The van der Waals surface area contributed by atoms with Gasteiger partial charge in [-0.25, -0.2) is 4.39 Å². The van der Waals surface area contributed by atoms with E-state index in [2.05, 4.69) is 6.08 Å². The highest BCUT2D eigenvalue weighted by molar-refractivity contribution is 5.69. The van der Waals surface area contributed by atoms with Crippen LogP contribution >= 0.6 is 0 Å². The van der Waals surface area contributed by atoms with Crippen LogP contribution in [0.25, 0.3) is 5.57 Å². The molecule has 1 N–H and O–H groups in total. The van der Waals surface area contributed by atoms with E-state index in [1.807, 2.05) is 12.1 Å². The maximum absolute atomic E-state index is 13.6. The van der Waals surface area contributed by atoms with E-state index in [1.165, 1.54) is 6.07 Å². The zero-order valence-electron chi connectivity index (χ0n) is 8.62. The molecule has 0 aromatic heterocycles. The predicted octanol–water partition coefficient (Wildman–Crippen LogP) is 3.00. The lowest BCUT2D eigenvalue weighted by atomic mass is 9.92. The minimum absolute atomic E-state index is 0.159. The number of benzene rings is 1. The second kappa shape index (κ2) is 4.58. The van der Waals surface area contributed by atoms with E-state index in [1.54, 1.807) is 6.07 Å². The Bertz CT molecular complexity index is 371. The first-order valence-corrected chi connectivity index (χ1v) is 5.38. The van der Waals surface area contributed by atoms with E-state index in [4.69, 9.17) is 5.11 Å². The second-order valence-corrected chi connectivity index (χ2v) is 3.93. The molecule has 0 fully saturated rings. The Balaban J connectivity index is 2.27. The highest BCUT2D eigenvalue weighted by Crippen LogP contribution is 2.36. The Hall–Kier alpha value is -1.15. The molecule has 0 saturated heterocycles. The molecule has 1 aromatic carbocycles. The molecule has 0 saturated carbocycles. The molecule has 1 aromatic rings. The fourth-order valence-corrected chi connectivity index (χ4v) is 2.24. The molecule has 15 heavy (non-hydrogen) atoms. The van der Waals surface area contributed by atoms with Crippen molar-refractivity contribution in [1.29, 1.82) is 0 Å². The maximum Gasteiger partial charge on any atom is 0.130 e. The maximum atomic E-state index is 13.6. The highest BCUT2D eigenvalue weighted by Gasteiger charge is 2.21. The molecule has 1 nitrogen and oxygen atoms in total. The third-order valence-electron chi connectivity index (χ3n) is 2.98. The van der Waals surface area contributed by atoms with Gasteiger partial charge in [0.15, 0.2) is 0 Å². The van der Waals surface area contributed by atoms with Crippen molar-refractivity contribution in [3.63, 3.8) is 0 Å². The molecule has 1 aliphatic rings. The van der Waals surface area contributed by atoms with Crippen LogP contribution in [0, 0.1) is 11.7 Å². The largest absolute Gasteiger partial charge is 0.396 e. The molecule has 80 valence electrons. The van der Waals surface area contributed by atoms with E-state index in [9.17, 15) is 4.39 Å². The van der Waals surface area contributed by atoms with Crippen molar-refractivity contribution in [2.45, 2.75) is 19.3 Å². The standard InChI is InChI=1S/C13H15FO/c14-13-7-2-1-5-12(13)11-6-3-4-10(11)8-9-15/h1-2,5-7,10,15H,3-4,8-9H2/t10-/m0/s1. The quantitative estimate of drug-likeness (QED) is 0.806. The van der Waals surface area contributed by atoms with Gasteiger partial charge >= 0.3 is 0 Å². The van der Waals surface area contributed by atoms with Gasteiger partial charge in [-0.1, -0.05) is 24.3 Å². The van der Waals surface area contributed by atoms with Gasteiger partial charge in [0.05, 0.1) is 0 Å². The van der Waals surface area contributed by atoms with Gasteiger partial charge in [0.1, 0.15) is 5.82 Å². The second-order valence-electron chi connectivity index (χ2n) is 3.93. The summed E-state index contributed by atoms with van der Waals surface area (Å²) < 4.78 is 13.6. The molecular weight excluding hydrogens is 191 g/mol. The number of hydrogen-bond acceptors (Lipinski definition) is 1. The molecular formula is C13H15FO. The fourth-order valence-electron chi connectivity index (χ4n) is 2.24. The summed E-state index contributed by atoms with van der Waals surface area (Å²) >= 11 is 0. The number of hydrogen-bond donors (Lipinski definition) is 1. The van der Waals surface area contributed by atoms with E-state index in [0.29, 0.717) is 11.5 Å². The number of halogens is 1. The monoisotopic (exact) mass is 206 g/mol. The first kappa shape index (κ1) is 10.4. The Morgan fingerprint density at radius 2 is 2.13 bits per heavy atom. The molecule has 0 unspecified atom stereocenters. The van der Waals surface area contributed by atoms with Crippen LogP contribution in [-0.2, 0) is 0 Å². The van der Waals surface area contributed by atoms with Crippen molar-refractivity contribution >= 4 is 5.57 Å². The predicted molar refractivity (Wildman–Crippen MR) is 58.8 cm³/mol. The molecule has 0 amide bonds. The topological polar surface area (TPSA) is 20.2 Å². The highest BCUT2D eigenvalue weighted by atomic mass is 19.1. The number of aliphatic hydroxyl groups excluding tert-OH is 1. The van der Waals surface area contributed by atoms with Gasteiger partial charge in [-0.05, 0) is 36.8 Å². The van der Waals surface area contributed by atoms with Crippen LogP contribution in [0.15, 0.2) is 30.3 Å². The van der Waals surface area contributed by atoms with Gasteiger partial charge in [0.25, 0.3) is 0 Å². The smallest absolute Gasteiger partial charge is 0.130 e. The number of rotatable bonds is 3. The zero-order chi connectivity index (χ0) is 10.7. The van der Waals surface area contributed by atoms with Crippen LogP contribution in [0.4, 0.5) is 4.39 Å². The summed E-state index contributed by atoms with van der Waals surface area (Å²) in [7, 11) is 0. The molecule has 0 spiro atoms. The number of allylic oxidation sites excluding steroid dienone is 2. The van der Waals surface area contributed by atoms with Crippen LogP contribution in [0.5, 0.6) is 0 Å². The summed E-state index contributed by atoms with van der Waals surface area (Å²) in [5.41, 5.74) is 1.77. The van der Waals surface area contributed by atoms with Crippen LogP contribution < -0.4 is 0 Å². The van der Waals surface area contributed by atoms with Crippen LogP contribution in [0.1, 0.15) is 24.8 Å². The van der Waals surface area contributed by atoms with Crippen molar-refractivity contribution in [3.8, 4) is 0 Å². The van der Waals surface area contributed by atoms with Crippen molar-refractivity contribution in [1.82, 2.24) is 0 Å².